The molecule has 122 valence electrons. The summed E-state index contributed by atoms with van der Waals surface area (Å²) in [4.78, 5) is 0. The summed E-state index contributed by atoms with van der Waals surface area (Å²) in [5, 5.41) is 21.7. The molecule has 0 atom stereocenters. The van der Waals surface area contributed by atoms with E-state index in [1.54, 1.807) is 0 Å². The molecule has 23 heavy (non-hydrogen) atoms. The van der Waals surface area contributed by atoms with Crippen LogP contribution in [0.25, 0.3) is 11.3 Å². The van der Waals surface area contributed by atoms with Crippen LogP contribution in [0.5, 0.6) is 5.75 Å². The molecular formula is C13H7F6N3O. The first-order valence-corrected chi connectivity index (χ1v) is 5.91. The van der Waals surface area contributed by atoms with E-state index in [2.05, 4.69) is 5.10 Å². The SMILES string of the molecule is Cn1nc(C(F)(F)F)cc1-c1cc(C#N)cc(C(F)(F)F)c1O. The van der Waals surface area contributed by atoms with Crippen molar-refractivity contribution in [3.63, 3.8) is 0 Å². The van der Waals surface area contributed by atoms with Crippen LogP contribution >= 0.6 is 0 Å². The normalized spacial score (nSPS) is 12.3. The summed E-state index contributed by atoms with van der Waals surface area (Å²) >= 11 is 0. The Morgan fingerprint density at radius 2 is 1.70 bits per heavy atom. The van der Waals surface area contributed by atoms with Gasteiger partial charge in [0.25, 0.3) is 0 Å². The lowest BCUT2D eigenvalue weighted by Gasteiger charge is -2.13. The zero-order chi connectivity index (χ0) is 17.6. The number of aryl methyl sites for hydroxylation is 1. The lowest BCUT2D eigenvalue weighted by atomic mass is 10.0. The first-order valence-electron chi connectivity index (χ1n) is 5.91. The summed E-state index contributed by atoms with van der Waals surface area (Å²) in [5.74, 6) is -1.27. The maximum absolute atomic E-state index is 12.9. The number of hydrogen-bond donors (Lipinski definition) is 1. The Bertz CT molecular complexity index is 798. The third kappa shape index (κ3) is 3.08. The van der Waals surface area contributed by atoms with Gasteiger partial charge in [-0.05, 0) is 18.2 Å². The zero-order valence-corrected chi connectivity index (χ0v) is 11.3. The average molecular weight is 335 g/mol. The first-order chi connectivity index (χ1) is 10.4. The van der Waals surface area contributed by atoms with Gasteiger partial charge in [-0.3, -0.25) is 4.68 Å². The molecule has 0 amide bonds. The molecule has 0 fully saturated rings. The maximum Gasteiger partial charge on any atom is 0.435 e. The number of rotatable bonds is 1. The molecule has 2 aromatic rings. The molecule has 0 aliphatic carbocycles. The van der Waals surface area contributed by atoms with E-state index in [1.807, 2.05) is 0 Å². The Kier molecular flexibility index (Phi) is 3.76. The van der Waals surface area contributed by atoms with E-state index in [1.165, 1.54) is 6.07 Å². The van der Waals surface area contributed by atoms with Crippen molar-refractivity contribution >= 4 is 0 Å². The molecule has 0 aliphatic rings. The predicted molar refractivity (Wildman–Crippen MR) is 65.0 cm³/mol. The van der Waals surface area contributed by atoms with Crippen LogP contribution in [0.3, 0.4) is 0 Å². The number of benzene rings is 1. The van der Waals surface area contributed by atoms with Gasteiger partial charge in [-0.1, -0.05) is 0 Å². The van der Waals surface area contributed by atoms with Gasteiger partial charge in [0.1, 0.15) is 5.75 Å². The topological polar surface area (TPSA) is 61.8 Å². The number of aromatic nitrogens is 2. The smallest absolute Gasteiger partial charge is 0.435 e. The number of hydrogen-bond acceptors (Lipinski definition) is 3. The van der Waals surface area contributed by atoms with Gasteiger partial charge in [0.15, 0.2) is 5.69 Å². The van der Waals surface area contributed by atoms with Crippen LogP contribution in [0, 0.1) is 11.3 Å². The maximum atomic E-state index is 12.9. The van der Waals surface area contributed by atoms with Crippen molar-refractivity contribution in [2.24, 2.45) is 7.05 Å². The van der Waals surface area contributed by atoms with Crippen molar-refractivity contribution in [3.05, 3.63) is 35.0 Å². The van der Waals surface area contributed by atoms with Crippen molar-refractivity contribution in [1.29, 1.82) is 5.26 Å². The number of aromatic hydroxyl groups is 1. The molecule has 1 aromatic heterocycles. The number of phenolic OH excluding ortho intramolecular Hbond substituents is 1. The molecule has 4 nitrogen and oxygen atoms in total. The lowest BCUT2D eigenvalue weighted by molar-refractivity contribution is -0.141. The first kappa shape index (κ1) is 16.7. The van der Waals surface area contributed by atoms with Crippen molar-refractivity contribution in [1.82, 2.24) is 9.78 Å². The fourth-order valence-electron chi connectivity index (χ4n) is 1.97. The van der Waals surface area contributed by atoms with Gasteiger partial charge in [0.05, 0.1) is 22.9 Å². The molecule has 0 radical (unpaired) electrons. The fraction of sp³-hybridized carbons (Fsp3) is 0.231. The number of nitrogens with zero attached hydrogens (tertiary/aromatic N) is 3. The quantitative estimate of drug-likeness (QED) is 0.808. The molecule has 0 unspecified atom stereocenters. The van der Waals surface area contributed by atoms with E-state index in [9.17, 15) is 31.4 Å². The van der Waals surface area contributed by atoms with Crippen LogP contribution < -0.4 is 0 Å². The van der Waals surface area contributed by atoms with Crippen LogP contribution in [0.1, 0.15) is 16.8 Å². The molecule has 2 rings (SSSR count). The average Bonchev–Trinajstić information content (AvgIpc) is 2.79. The van der Waals surface area contributed by atoms with Crippen LogP contribution in [-0.2, 0) is 19.4 Å². The monoisotopic (exact) mass is 335 g/mol. The van der Waals surface area contributed by atoms with Gasteiger partial charge < -0.3 is 5.11 Å². The van der Waals surface area contributed by atoms with E-state index < -0.39 is 46.2 Å². The summed E-state index contributed by atoms with van der Waals surface area (Å²) in [5.41, 5.74) is -4.27. The summed E-state index contributed by atoms with van der Waals surface area (Å²) in [6, 6.07) is 3.25. The Hall–Kier alpha value is -2.70. The number of alkyl halides is 6. The second-order valence-corrected chi connectivity index (χ2v) is 4.57. The molecule has 0 spiro atoms. The van der Waals surface area contributed by atoms with Crippen molar-refractivity contribution in [2.75, 3.05) is 0 Å². The van der Waals surface area contributed by atoms with Crippen molar-refractivity contribution < 1.29 is 31.4 Å². The number of halogens is 6. The van der Waals surface area contributed by atoms with E-state index in [0.717, 1.165) is 13.1 Å². The number of nitriles is 1. The molecular weight excluding hydrogens is 328 g/mol. The van der Waals surface area contributed by atoms with Crippen molar-refractivity contribution in [3.8, 4) is 23.1 Å². The zero-order valence-electron chi connectivity index (χ0n) is 11.3. The Balaban J connectivity index is 2.74. The second kappa shape index (κ2) is 5.19. The predicted octanol–water partition coefficient (Wildman–Crippen LogP) is 3.70. The van der Waals surface area contributed by atoms with Crippen LogP contribution in [-0.4, -0.2) is 14.9 Å². The molecule has 0 saturated carbocycles. The lowest BCUT2D eigenvalue weighted by Crippen LogP contribution is -2.07. The highest BCUT2D eigenvalue weighted by molar-refractivity contribution is 5.72. The molecule has 1 heterocycles. The Morgan fingerprint density at radius 3 is 2.13 bits per heavy atom. The third-order valence-electron chi connectivity index (χ3n) is 2.99. The van der Waals surface area contributed by atoms with Crippen molar-refractivity contribution in [2.45, 2.75) is 12.4 Å². The van der Waals surface area contributed by atoms with Crippen LogP contribution in [0.4, 0.5) is 26.3 Å². The summed E-state index contributed by atoms with van der Waals surface area (Å²) in [6.45, 7) is 0. The Morgan fingerprint density at radius 1 is 1.09 bits per heavy atom. The van der Waals surface area contributed by atoms with Gasteiger partial charge in [-0.15, -0.1) is 0 Å². The molecule has 1 aromatic carbocycles. The summed E-state index contributed by atoms with van der Waals surface area (Å²) in [7, 11) is 1.08. The number of phenols is 1. The van der Waals surface area contributed by atoms with Crippen LogP contribution in [0.2, 0.25) is 0 Å². The van der Waals surface area contributed by atoms with Gasteiger partial charge in [-0.2, -0.15) is 36.7 Å². The highest BCUT2D eigenvalue weighted by Crippen LogP contribution is 2.43. The van der Waals surface area contributed by atoms with Gasteiger partial charge in [0, 0.05) is 12.6 Å². The van der Waals surface area contributed by atoms with E-state index in [0.29, 0.717) is 16.8 Å². The standard InChI is InChI=1S/C13H7F6N3O/c1-22-9(4-10(21-22)13(17,18)19)7-2-6(5-20)3-8(11(7)23)12(14,15)16/h2-4,23H,1H3. The van der Waals surface area contributed by atoms with E-state index in [4.69, 9.17) is 5.26 Å². The Labute approximate surface area is 125 Å². The molecule has 1 N–H and O–H groups in total. The highest BCUT2D eigenvalue weighted by atomic mass is 19.4. The van der Waals surface area contributed by atoms with Gasteiger partial charge in [0.2, 0.25) is 0 Å². The minimum absolute atomic E-state index is 0.405. The largest absolute Gasteiger partial charge is 0.507 e. The van der Waals surface area contributed by atoms with Crippen LogP contribution in [0.15, 0.2) is 18.2 Å². The van der Waals surface area contributed by atoms with Gasteiger partial charge >= 0.3 is 12.4 Å². The minimum Gasteiger partial charge on any atom is -0.507 e. The summed E-state index contributed by atoms with van der Waals surface area (Å²) < 4.78 is 77.3. The molecule has 10 heteroatoms. The van der Waals surface area contributed by atoms with E-state index in [-0.39, 0.29) is 0 Å². The van der Waals surface area contributed by atoms with Gasteiger partial charge in [-0.25, -0.2) is 0 Å². The molecule has 0 saturated heterocycles. The third-order valence-corrected chi connectivity index (χ3v) is 2.99. The second-order valence-electron chi connectivity index (χ2n) is 4.57. The summed E-state index contributed by atoms with van der Waals surface area (Å²) in [6.07, 6.45) is -9.78. The molecule has 0 aliphatic heterocycles. The van der Waals surface area contributed by atoms with E-state index >= 15 is 0 Å². The molecule has 0 bridgehead atoms. The highest BCUT2D eigenvalue weighted by Gasteiger charge is 2.38. The fourth-order valence-corrected chi connectivity index (χ4v) is 1.97. The minimum atomic E-state index is -4.98.